The molecule has 0 radical (unpaired) electrons. The second-order valence-corrected chi connectivity index (χ2v) is 5.26. The number of fused-ring (bicyclic) bond motifs is 1. The molecule has 1 aromatic carbocycles. The highest BCUT2D eigenvalue weighted by molar-refractivity contribution is 5.88. The molecular formula is C17H19N5O2. The van der Waals surface area contributed by atoms with Crippen molar-refractivity contribution in [2.75, 3.05) is 19.0 Å². The number of hydrogen-bond acceptors (Lipinski definition) is 4. The summed E-state index contributed by atoms with van der Waals surface area (Å²) < 4.78 is 6.89. The van der Waals surface area contributed by atoms with Crippen LogP contribution in [0.15, 0.2) is 42.6 Å². The maximum absolute atomic E-state index is 11.7. The number of nitrogens with one attached hydrogen (secondary N) is 2. The number of amides is 2. The molecule has 3 aromatic rings. The molecule has 3 rings (SSSR count). The van der Waals surface area contributed by atoms with E-state index in [9.17, 15) is 4.79 Å². The van der Waals surface area contributed by atoms with Crippen molar-refractivity contribution < 1.29 is 9.53 Å². The Morgan fingerprint density at radius 1 is 1.29 bits per heavy atom. The van der Waals surface area contributed by atoms with Gasteiger partial charge in [0.2, 0.25) is 0 Å². The second kappa shape index (κ2) is 6.99. The Morgan fingerprint density at radius 2 is 2.17 bits per heavy atom. The first kappa shape index (κ1) is 15.8. The lowest BCUT2D eigenvalue weighted by Gasteiger charge is -2.04. The van der Waals surface area contributed by atoms with Crippen LogP contribution in [0.1, 0.15) is 13.3 Å². The molecule has 0 fully saturated rings. The van der Waals surface area contributed by atoms with Gasteiger partial charge in [0.1, 0.15) is 5.75 Å². The highest BCUT2D eigenvalue weighted by Gasteiger charge is 2.08. The SMILES string of the molecule is CCCNC(=O)Nc1cn2nc(-c3cccc(OC)c3)ccc2n1. The summed E-state index contributed by atoms with van der Waals surface area (Å²) >= 11 is 0. The summed E-state index contributed by atoms with van der Waals surface area (Å²) in [4.78, 5) is 16.0. The van der Waals surface area contributed by atoms with E-state index in [0.29, 0.717) is 18.0 Å². The molecule has 0 atom stereocenters. The van der Waals surface area contributed by atoms with E-state index in [0.717, 1.165) is 23.4 Å². The smallest absolute Gasteiger partial charge is 0.320 e. The molecule has 0 aliphatic carbocycles. The number of benzene rings is 1. The summed E-state index contributed by atoms with van der Waals surface area (Å²) in [5.74, 6) is 1.23. The predicted octanol–water partition coefficient (Wildman–Crippen LogP) is 2.94. The van der Waals surface area contributed by atoms with Crippen molar-refractivity contribution >= 4 is 17.5 Å². The number of hydrogen-bond donors (Lipinski definition) is 2. The second-order valence-electron chi connectivity index (χ2n) is 5.26. The summed E-state index contributed by atoms with van der Waals surface area (Å²) in [7, 11) is 1.63. The summed E-state index contributed by atoms with van der Waals surface area (Å²) in [6, 6.07) is 11.2. The van der Waals surface area contributed by atoms with Crippen molar-refractivity contribution in [2.24, 2.45) is 0 Å². The van der Waals surface area contributed by atoms with E-state index in [1.807, 2.05) is 43.3 Å². The Bertz CT molecular complexity index is 859. The number of imidazole rings is 1. The molecular weight excluding hydrogens is 306 g/mol. The van der Waals surface area contributed by atoms with Gasteiger partial charge in [-0.2, -0.15) is 5.10 Å². The topological polar surface area (TPSA) is 80.6 Å². The summed E-state index contributed by atoms with van der Waals surface area (Å²) in [5, 5.41) is 9.98. The lowest BCUT2D eigenvalue weighted by molar-refractivity contribution is 0.252. The van der Waals surface area contributed by atoms with Gasteiger partial charge in [-0.25, -0.2) is 14.3 Å². The number of carbonyl (C=O) groups excluding carboxylic acids is 1. The number of rotatable bonds is 5. The Kier molecular flexibility index (Phi) is 4.60. The van der Waals surface area contributed by atoms with Crippen molar-refractivity contribution in [3.8, 4) is 17.0 Å². The van der Waals surface area contributed by atoms with Gasteiger partial charge in [-0.1, -0.05) is 19.1 Å². The normalized spacial score (nSPS) is 10.6. The first-order chi connectivity index (χ1) is 11.7. The minimum Gasteiger partial charge on any atom is -0.497 e. The van der Waals surface area contributed by atoms with Crippen LogP contribution in [0.3, 0.4) is 0 Å². The number of urea groups is 1. The molecule has 2 aromatic heterocycles. The average molecular weight is 325 g/mol. The number of aromatic nitrogens is 3. The zero-order valence-electron chi connectivity index (χ0n) is 13.6. The van der Waals surface area contributed by atoms with E-state index in [-0.39, 0.29) is 6.03 Å². The fraction of sp³-hybridized carbons (Fsp3) is 0.235. The van der Waals surface area contributed by atoms with Gasteiger partial charge < -0.3 is 10.1 Å². The minimum absolute atomic E-state index is 0.270. The number of nitrogens with zero attached hydrogens (tertiary/aromatic N) is 3. The van der Waals surface area contributed by atoms with Crippen molar-refractivity contribution in [1.29, 1.82) is 0 Å². The van der Waals surface area contributed by atoms with E-state index in [1.54, 1.807) is 17.8 Å². The number of carbonyl (C=O) groups is 1. The van der Waals surface area contributed by atoms with Crippen molar-refractivity contribution in [3.05, 3.63) is 42.6 Å². The molecule has 0 aliphatic heterocycles. The minimum atomic E-state index is -0.270. The Balaban J connectivity index is 1.84. The van der Waals surface area contributed by atoms with Crippen LogP contribution >= 0.6 is 0 Å². The molecule has 0 unspecified atom stereocenters. The molecule has 124 valence electrons. The molecule has 2 N–H and O–H groups in total. The van der Waals surface area contributed by atoms with Crippen molar-refractivity contribution in [3.63, 3.8) is 0 Å². The Morgan fingerprint density at radius 3 is 2.96 bits per heavy atom. The van der Waals surface area contributed by atoms with Crippen molar-refractivity contribution in [2.45, 2.75) is 13.3 Å². The average Bonchev–Trinajstić information content (AvgIpc) is 3.01. The molecule has 7 heteroatoms. The van der Waals surface area contributed by atoms with E-state index < -0.39 is 0 Å². The third-order valence-corrected chi connectivity index (χ3v) is 3.46. The van der Waals surface area contributed by atoms with E-state index >= 15 is 0 Å². The molecule has 0 saturated carbocycles. The van der Waals surface area contributed by atoms with Crippen LogP contribution < -0.4 is 15.4 Å². The molecule has 0 aliphatic rings. The van der Waals surface area contributed by atoms with Gasteiger partial charge in [-0.15, -0.1) is 0 Å². The largest absolute Gasteiger partial charge is 0.497 e. The quantitative estimate of drug-likeness (QED) is 0.756. The maximum Gasteiger partial charge on any atom is 0.320 e. The van der Waals surface area contributed by atoms with Crippen LogP contribution in [0.5, 0.6) is 5.75 Å². The zero-order chi connectivity index (χ0) is 16.9. The lowest BCUT2D eigenvalue weighted by Crippen LogP contribution is -2.29. The van der Waals surface area contributed by atoms with Gasteiger partial charge in [-0.3, -0.25) is 5.32 Å². The Hall–Kier alpha value is -3.09. The van der Waals surface area contributed by atoms with Crippen LogP contribution in [-0.2, 0) is 0 Å². The van der Waals surface area contributed by atoms with Gasteiger partial charge in [-0.05, 0) is 30.7 Å². The summed E-state index contributed by atoms with van der Waals surface area (Å²) in [6.45, 7) is 2.62. The highest BCUT2D eigenvalue weighted by Crippen LogP contribution is 2.22. The van der Waals surface area contributed by atoms with Crippen molar-refractivity contribution in [1.82, 2.24) is 19.9 Å². The third-order valence-electron chi connectivity index (χ3n) is 3.46. The van der Waals surface area contributed by atoms with Gasteiger partial charge in [0.25, 0.3) is 0 Å². The molecule has 7 nitrogen and oxygen atoms in total. The van der Waals surface area contributed by atoms with Gasteiger partial charge >= 0.3 is 6.03 Å². The molecule has 2 amide bonds. The lowest BCUT2D eigenvalue weighted by atomic mass is 10.1. The summed E-state index contributed by atoms with van der Waals surface area (Å²) in [6.07, 6.45) is 2.56. The maximum atomic E-state index is 11.7. The third kappa shape index (κ3) is 3.45. The van der Waals surface area contributed by atoms with Crippen LogP contribution in [0, 0.1) is 0 Å². The summed E-state index contributed by atoms with van der Waals surface area (Å²) in [5.41, 5.74) is 2.40. The standard InChI is InChI=1S/C17H19N5O2/c1-3-9-18-17(23)20-15-11-22-16(19-15)8-7-14(21-22)12-5-4-6-13(10-12)24-2/h4-8,10-11H,3,9H2,1-2H3,(H2,18,20,23). The molecule has 0 spiro atoms. The number of ether oxygens (including phenoxy) is 1. The number of anilines is 1. The van der Waals surface area contributed by atoms with Gasteiger partial charge in [0.15, 0.2) is 11.5 Å². The fourth-order valence-corrected chi connectivity index (χ4v) is 2.28. The molecule has 0 bridgehead atoms. The molecule has 2 heterocycles. The highest BCUT2D eigenvalue weighted by atomic mass is 16.5. The predicted molar refractivity (Wildman–Crippen MR) is 92.3 cm³/mol. The van der Waals surface area contributed by atoms with Crippen LogP contribution in [0.2, 0.25) is 0 Å². The monoisotopic (exact) mass is 325 g/mol. The van der Waals surface area contributed by atoms with Gasteiger partial charge in [0.05, 0.1) is 19.0 Å². The molecule has 24 heavy (non-hydrogen) atoms. The zero-order valence-corrected chi connectivity index (χ0v) is 13.6. The van der Waals surface area contributed by atoms with E-state index in [1.165, 1.54) is 0 Å². The van der Waals surface area contributed by atoms with E-state index in [2.05, 4.69) is 20.7 Å². The first-order valence-corrected chi connectivity index (χ1v) is 7.75. The van der Waals surface area contributed by atoms with E-state index in [4.69, 9.17) is 4.74 Å². The van der Waals surface area contributed by atoms with Crippen LogP contribution in [-0.4, -0.2) is 34.3 Å². The number of methoxy groups -OCH3 is 1. The first-order valence-electron chi connectivity index (χ1n) is 7.75. The van der Waals surface area contributed by atoms with Crippen LogP contribution in [0.4, 0.5) is 10.6 Å². The Labute approximate surface area is 139 Å². The van der Waals surface area contributed by atoms with Crippen LogP contribution in [0.25, 0.3) is 16.9 Å². The fourth-order valence-electron chi connectivity index (χ4n) is 2.28. The van der Waals surface area contributed by atoms with Gasteiger partial charge in [0, 0.05) is 12.1 Å². The molecule has 0 saturated heterocycles.